The fraction of sp³-hybridized carbons (Fsp3) is 0.111. The molecule has 128 valence electrons. The van der Waals surface area contributed by atoms with Gasteiger partial charge in [-0.25, -0.2) is 9.59 Å². The Bertz CT molecular complexity index is 797. The zero-order valence-corrected chi connectivity index (χ0v) is 13.4. The number of carbonyl (C=O) groups is 4. The maximum absolute atomic E-state index is 11.9. The molecule has 0 bridgehead atoms. The molecule has 0 radical (unpaired) electrons. The largest absolute Gasteiger partial charge is 0.465 e. The highest BCUT2D eigenvalue weighted by Crippen LogP contribution is 2.16. The highest BCUT2D eigenvalue weighted by Gasteiger charge is 2.15. The van der Waals surface area contributed by atoms with Crippen molar-refractivity contribution in [2.45, 2.75) is 0 Å². The third-order valence-electron chi connectivity index (χ3n) is 3.22. The molecule has 25 heavy (non-hydrogen) atoms. The fourth-order valence-corrected chi connectivity index (χ4v) is 1.98. The summed E-state index contributed by atoms with van der Waals surface area (Å²) in [6.45, 7) is -0.524. The van der Waals surface area contributed by atoms with Gasteiger partial charge in [-0.15, -0.1) is 0 Å². The van der Waals surface area contributed by atoms with Crippen LogP contribution in [0.15, 0.2) is 48.5 Å². The average molecular weight is 341 g/mol. The normalized spacial score (nSPS) is 9.80. The van der Waals surface area contributed by atoms with Crippen molar-refractivity contribution >= 4 is 29.8 Å². The Labute approximate surface area is 143 Å². The highest BCUT2D eigenvalue weighted by atomic mass is 16.5. The Hall–Kier alpha value is -3.48. The molecule has 0 unspecified atom stereocenters. The summed E-state index contributed by atoms with van der Waals surface area (Å²) >= 11 is 0. The summed E-state index contributed by atoms with van der Waals surface area (Å²) in [7, 11) is 1.23. The summed E-state index contributed by atoms with van der Waals surface area (Å²) in [6.07, 6.45) is 0.654. The van der Waals surface area contributed by atoms with Crippen LogP contribution in [0.1, 0.15) is 31.1 Å². The number of anilines is 1. The molecule has 0 aliphatic carbocycles. The first-order valence-corrected chi connectivity index (χ1v) is 7.24. The molecule has 0 atom stereocenters. The molecule has 2 aromatic rings. The SMILES string of the molecule is COC(=O)c1ccccc1NC(=O)COC(=O)c1ccc(C=O)cc1. The molecule has 1 N–H and O–H groups in total. The lowest BCUT2D eigenvalue weighted by molar-refractivity contribution is -0.119. The standard InChI is InChI=1S/C18H15NO6/c1-24-18(23)14-4-2-3-5-15(14)19-16(21)11-25-17(22)13-8-6-12(10-20)7-9-13/h2-10H,11H2,1H3,(H,19,21). The number of esters is 2. The van der Waals surface area contributed by atoms with Gasteiger partial charge in [-0.1, -0.05) is 24.3 Å². The highest BCUT2D eigenvalue weighted by molar-refractivity contribution is 6.02. The smallest absolute Gasteiger partial charge is 0.339 e. The van der Waals surface area contributed by atoms with Gasteiger partial charge < -0.3 is 14.8 Å². The molecule has 0 heterocycles. The van der Waals surface area contributed by atoms with Crippen molar-refractivity contribution in [3.8, 4) is 0 Å². The van der Waals surface area contributed by atoms with Gasteiger partial charge in [0, 0.05) is 5.56 Å². The van der Waals surface area contributed by atoms with Gasteiger partial charge in [0.05, 0.1) is 23.9 Å². The predicted octanol–water partition coefficient (Wildman–Crippen LogP) is 2.08. The fourth-order valence-electron chi connectivity index (χ4n) is 1.98. The second kappa shape index (κ2) is 8.39. The van der Waals surface area contributed by atoms with Gasteiger partial charge in [0.25, 0.3) is 5.91 Å². The second-order valence-corrected chi connectivity index (χ2v) is 4.90. The minimum Gasteiger partial charge on any atom is -0.465 e. The van der Waals surface area contributed by atoms with E-state index in [1.165, 1.54) is 43.5 Å². The van der Waals surface area contributed by atoms with Crippen LogP contribution in [0.25, 0.3) is 0 Å². The molecule has 0 saturated heterocycles. The summed E-state index contributed by atoms with van der Waals surface area (Å²) in [5, 5.41) is 2.49. The third-order valence-corrected chi connectivity index (χ3v) is 3.22. The van der Waals surface area contributed by atoms with Crippen molar-refractivity contribution in [2.75, 3.05) is 19.0 Å². The number of benzene rings is 2. The zero-order chi connectivity index (χ0) is 18.2. The van der Waals surface area contributed by atoms with Crippen LogP contribution in [-0.4, -0.2) is 37.8 Å². The van der Waals surface area contributed by atoms with Crippen molar-refractivity contribution < 1.29 is 28.7 Å². The summed E-state index contributed by atoms with van der Waals surface area (Å²) < 4.78 is 9.54. The monoisotopic (exact) mass is 341 g/mol. The van der Waals surface area contributed by atoms with Gasteiger partial charge >= 0.3 is 11.9 Å². The number of hydrogen-bond acceptors (Lipinski definition) is 6. The van der Waals surface area contributed by atoms with Gasteiger partial charge in [-0.05, 0) is 24.3 Å². The maximum Gasteiger partial charge on any atom is 0.339 e. The Morgan fingerprint density at radius 2 is 1.68 bits per heavy atom. The van der Waals surface area contributed by atoms with Crippen LogP contribution in [0.4, 0.5) is 5.69 Å². The molecular weight excluding hydrogens is 326 g/mol. The predicted molar refractivity (Wildman–Crippen MR) is 88.5 cm³/mol. The topological polar surface area (TPSA) is 98.8 Å². The van der Waals surface area contributed by atoms with Crippen LogP contribution in [0.3, 0.4) is 0 Å². The van der Waals surface area contributed by atoms with E-state index in [-0.39, 0.29) is 16.8 Å². The van der Waals surface area contributed by atoms with E-state index in [0.29, 0.717) is 11.8 Å². The second-order valence-electron chi connectivity index (χ2n) is 4.90. The first kappa shape index (κ1) is 17.9. The number of carbonyl (C=O) groups excluding carboxylic acids is 4. The number of para-hydroxylation sites is 1. The third kappa shape index (κ3) is 4.74. The molecule has 0 aromatic heterocycles. The average Bonchev–Trinajstić information content (AvgIpc) is 2.66. The Morgan fingerprint density at radius 3 is 2.32 bits per heavy atom. The molecule has 2 aromatic carbocycles. The van der Waals surface area contributed by atoms with Gasteiger partial charge in [0.2, 0.25) is 0 Å². The lowest BCUT2D eigenvalue weighted by Crippen LogP contribution is -2.22. The lowest BCUT2D eigenvalue weighted by Gasteiger charge is -2.10. The number of methoxy groups -OCH3 is 1. The minimum absolute atomic E-state index is 0.189. The van der Waals surface area contributed by atoms with E-state index >= 15 is 0 Å². The molecule has 7 heteroatoms. The van der Waals surface area contributed by atoms with Crippen LogP contribution in [-0.2, 0) is 14.3 Å². The van der Waals surface area contributed by atoms with Crippen LogP contribution < -0.4 is 5.32 Å². The quantitative estimate of drug-likeness (QED) is 0.638. The Balaban J connectivity index is 1.95. The van der Waals surface area contributed by atoms with Crippen molar-refractivity contribution in [1.82, 2.24) is 0 Å². The van der Waals surface area contributed by atoms with Crippen molar-refractivity contribution in [3.63, 3.8) is 0 Å². The van der Waals surface area contributed by atoms with Crippen molar-refractivity contribution in [2.24, 2.45) is 0 Å². The summed E-state index contributed by atoms with van der Waals surface area (Å²) in [6, 6.07) is 12.1. The molecule has 7 nitrogen and oxygen atoms in total. The molecule has 0 saturated carbocycles. The minimum atomic E-state index is -0.700. The molecule has 0 spiro atoms. The van der Waals surface area contributed by atoms with Crippen molar-refractivity contribution in [1.29, 1.82) is 0 Å². The van der Waals surface area contributed by atoms with Crippen LogP contribution in [0.2, 0.25) is 0 Å². The Morgan fingerprint density at radius 1 is 1.00 bits per heavy atom. The van der Waals surface area contributed by atoms with Gasteiger partial charge in [0.15, 0.2) is 6.61 Å². The van der Waals surface area contributed by atoms with Crippen LogP contribution in [0, 0.1) is 0 Å². The molecule has 1 amide bonds. The lowest BCUT2D eigenvalue weighted by atomic mass is 10.1. The maximum atomic E-state index is 11.9. The van der Waals surface area contributed by atoms with E-state index in [1.807, 2.05) is 0 Å². The van der Waals surface area contributed by atoms with E-state index in [4.69, 9.17) is 4.74 Å². The van der Waals surface area contributed by atoms with E-state index in [1.54, 1.807) is 12.1 Å². The van der Waals surface area contributed by atoms with Gasteiger partial charge in [0.1, 0.15) is 6.29 Å². The first-order valence-electron chi connectivity index (χ1n) is 7.24. The van der Waals surface area contributed by atoms with E-state index < -0.39 is 24.5 Å². The molecule has 2 rings (SSSR count). The van der Waals surface area contributed by atoms with E-state index in [2.05, 4.69) is 10.1 Å². The van der Waals surface area contributed by atoms with Crippen LogP contribution in [0.5, 0.6) is 0 Å². The number of rotatable bonds is 6. The van der Waals surface area contributed by atoms with Gasteiger partial charge in [-0.3, -0.25) is 9.59 Å². The number of nitrogens with one attached hydrogen (secondary N) is 1. The van der Waals surface area contributed by atoms with Gasteiger partial charge in [-0.2, -0.15) is 0 Å². The molecule has 0 fully saturated rings. The number of ether oxygens (including phenoxy) is 2. The number of aldehydes is 1. The summed E-state index contributed by atoms with van der Waals surface area (Å²) in [5.41, 5.74) is 1.09. The number of hydrogen-bond donors (Lipinski definition) is 1. The Kier molecular flexibility index (Phi) is 6.00. The van der Waals surface area contributed by atoms with E-state index in [0.717, 1.165) is 0 Å². The number of amides is 1. The summed E-state index contributed by atoms with van der Waals surface area (Å²) in [5.74, 6) is -1.90. The first-order chi connectivity index (χ1) is 12.0. The van der Waals surface area contributed by atoms with Crippen molar-refractivity contribution in [3.05, 3.63) is 65.2 Å². The molecular formula is C18H15NO6. The molecule has 0 aliphatic heterocycles. The van der Waals surface area contributed by atoms with E-state index in [9.17, 15) is 19.2 Å². The summed E-state index contributed by atoms with van der Waals surface area (Å²) in [4.78, 5) is 46.0. The van der Waals surface area contributed by atoms with Crippen LogP contribution >= 0.6 is 0 Å². The zero-order valence-electron chi connectivity index (χ0n) is 13.4. The molecule has 0 aliphatic rings.